The van der Waals surface area contributed by atoms with Crippen LogP contribution in [-0.2, 0) is 71.2 Å². The highest BCUT2D eigenvalue weighted by Gasteiger charge is 2.59. The maximum Gasteiger partial charge on any atom is 0.220 e. The van der Waals surface area contributed by atoms with Crippen molar-refractivity contribution in [2.45, 2.75) is 442 Å². The van der Waals surface area contributed by atoms with Crippen LogP contribution in [0.4, 0.5) is 0 Å². The van der Waals surface area contributed by atoms with Crippen LogP contribution in [0.5, 0.6) is 0 Å². The molecule has 12 unspecified atom stereocenters. The van der Waals surface area contributed by atoms with E-state index in [0.717, 1.165) is 65.2 Å². The fraction of sp³-hybridized carbons (Fsp3) is 0.939. The topological polar surface area (TPSA) is 562 Å². The van der Waals surface area contributed by atoms with Crippen LogP contribution in [0, 0.1) is 0 Å². The van der Waals surface area contributed by atoms with Crippen LogP contribution in [0.15, 0.2) is 12.2 Å². The molecule has 6 fully saturated rings. The number of allylic oxidation sites excluding steroid dienone is 1. The SMILES string of the molecule is CCCCCCCCCCCCC/C=C/[C@@H](O)[C@H](CO[C@@H]1OC(CO)[C@@H](O[C@@H]2OC(CO)[C@H](O[C@@H]3OC(CO)[C@H](O)[C@H](O[C@@H]4OC(CO)[C@H](O)[C@H](O[C@@H]5OC(CO)[C@H](O)[C@H](O[C@H]6OC(CO)[C@H](O)[C@H](O)C6NC(C)=O)C5O)C4NC(C)=O)C3O)[C@H](O)C2O)[C@H](O)C1O)NC(=O)CCCCCCCCCCCCCCCCCCCCCCC. The van der Waals surface area contributed by atoms with Crippen LogP contribution in [0.25, 0.3) is 0 Å². The lowest BCUT2D eigenvalue weighted by atomic mass is 9.94. The molecule has 6 aliphatic rings. The van der Waals surface area contributed by atoms with Gasteiger partial charge in [0.1, 0.15) is 146 Å². The Labute approximate surface area is 694 Å². The molecule has 690 valence electrons. The van der Waals surface area contributed by atoms with Gasteiger partial charge < -0.3 is 165 Å². The van der Waals surface area contributed by atoms with Gasteiger partial charge in [0.15, 0.2) is 37.7 Å². The lowest BCUT2D eigenvalue weighted by molar-refractivity contribution is -0.390. The molecule has 6 heterocycles. The third kappa shape index (κ3) is 32.7. The predicted molar refractivity (Wildman–Crippen MR) is 421 cm³/mol. The van der Waals surface area contributed by atoms with Gasteiger partial charge in [0, 0.05) is 20.3 Å². The summed E-state index contributed by atoms with van der Waals surface area (Å²) in [5.41, 5.74) is 0. The second kappa shape index (κ2) is 56.8. The van der Waals surface area contributed by atoms with Crippen molar-refractivity contribution in [3.63, 3.8) is 0 Å². The molecule has 6 aliphatic heterocycles. The van der Waals surface area contributed by atoms with Gasteiger partial charge in [0.25, 0.3) is 0 Å². The maximum atomic E-state index is 13.6. The highest BCUT2D eigenvalue weighted by molar-refractivity contribution is 5.76. The number of ether oxygens (including phenoxy) is 12. The Bertz CT molecular complexity index is 2710. The first-order valence-electron chi connectivity index (χ1n) is 44.0. The molecule has 0 bridgehead atoms. The van der Waals surface area contributed by atoms with Crippen LogP contribution in [0.1, 0.15) is 246 Å². The van der Waals surface area contributed by atoms with Gasteiger partial charge in [-0.15, -0.1) is 0 Å². The Morgan fingerprint density at radius 2 is 0.636 bits per heavy atom. The molecule has 0 aromatic carbocycles. The molecule has 36 heteroatoms. The lowest BCUT2D eigenvalue weighted by Gasteiger charge is -2.51. The summed E-state index contributed by atoms with van der Waals surface area (Å²) >= 11 is 0. The third-order valence-corrected chi connectivity index (χ3v) is 23.2. The quantitative estimate of drug-likeness (QED) is 0.0280. The highest BCUT2D eigenvalue weighted by Crippen LogP contribution is 2.38. The van der Waals surface area contributed by atoms with Crippen molar-refractivity contribution in [2.75, 3.05) is 46.2 Å². The molecule has 0 spiro atoms. The van der Waals surface area contributed by atoms with Crippen molar-refractivity contribution in [2.24, 2.45) is 0 Å². The zero-order chi connectivity index (χ0) is 86.2. The number of aliphatic hydroxyl groups excluding tert-OH is 18. The minimum Gasteiger partial charge on any atom is -0.394 e. The van der Waals surface area contributed by atoms with Crippen molar-refractivity contribution in [1.82, 2.24) is 16.0 Å². The van der Waals surface area contributed by atoms with E-state index in [4.69, 9.17) is 56.8 Å². The molecular weight excluding hydrogens is 1550 g/mol. The monoisotopic (exact) mass is 1700 g/mol. The summed E-state index contributed by atoms with van der Waals surface area (Å²) < 4.78 is 70.9. The molecule has 6 saturated heterocycles. The van der Waals surface area contributed by atoms with Crippen LogP contribution >= 0.6 is 0 Å². The zero-order valence-electron chi connectivity index (χ0n) is 69.8. The third-order valence-electron chi connectivity index (χ3n) is 23.2. The van der Waals surface area contributed by atoms with E-state index in [2.05, 4.69) is 29.8 Å². The zero-order valence-corrected chi connectivity index (χ0v) is 69.8. The Morgan fingerprint density at radius 3 is 1.03 bits per heavy atom. The Kier molecular flexibility index (Phi) is 50.0. The first-order valence-corrected chi connectivity index (χ1v) is 44.0. The number of amides is 3. The number of rotatable bonds is 58. The second-order valence-electron chi connectivity index (χ2n) is 32.8. The maximum absolute atomic E-state index is 13.6. The summed E-state index contributed by atoms with van der Waals surface area (Å²) in [6, 6.07) is -4.51. The van der Waals surface area contributed by atoms with Crippen molar-refractivity contribution in [3.05, 3.63) is 12.2 Å². The molecule has 36 nitrogen and oxygen atoms in total. The Balaban J connectivity index is 1.05. The molecule has 0 radical (unpaired) electrons. The van der Waals surface area contributed by atoms with Gasteiger partial charge in [0.2, 0.25) is 17.7 Å². The minimum atomic E-state index is -2.27. The lowest BCUT2D eigenvalue weighted by Crippen LogP contribution is -2.71. The number of carbonyl (C=O) groups is 3. The van der Waals surface area contributed by atoms with Crippen LogP contribution in [0.3, 0.4) is 0 Å². The summed E-state index contributed by atoms with van der Waals surface area (Å²) in [5, 5.41) is 209. The van der Waals surface area contributed by atoms with E-state index in [1.807, 2.05) is 6.08 Å². The minimum absolute atomic E-state index is 0.181. The first-order chi connectivity index (χ1) is 56.8. The molecular formula is C82H149N3O33. The largest absolute Gasteiger partial charge is 0.394 e. The van der Waals surface area contributed by atoms with Gasteiger partial charge in [-0.3, -0.25) is 14.4 Å². The normalized spacial score (nSPS) is 35.9. The van der Waals surface area contributed by atoms with Gasteiger partial charge in [0.05, 0.1) is 58.4 Å². The first kappa shape index (κ1) is 104. The average molecular weight is 1710 g/mol. The van der Waals surface area contributed by atoms with Crippen molar-refractivity contribution >= 4 is 17.7 Å². The fourth-order valence-corrected chi connectivity index (χ4v) is 16.2. The predicted octanol–water partition coefficient (Wildman–Crippen LogP) is -0.0834. The Morgan fingerprint density at radius 1 is 0.331 bits per heavy atom. The Hall–Kier alpha value is -3.05. The summed E-state index contributed by atoms with van der Waals surface area (Å²) in [4.78, 5) is 38.8. The fourth-order valence-electron chi connectivity index (χ4n) is 16.2. The summed E-state index contributed by atoms with van der Waals surface area (Å²) in [5.74, 6) is -1.98. The number of hydrogen-bond acceptors (Lipinski definition) is 33. The smallest absolute Gasteiger partial charge is 0.220 e. The highest BCUT2D eigenvalue weighted by atomic mass is 16.8. The standard InChI is InChI=1S/C82H149N3O33/c1-5-7-9-11-13-15-17-19-20-21-22-23-24-25-26-28-30-32-34-36-38-40-58(95)85-50(51(94)39-37-35-33-31-29-27-18-16-14-12-10-8-6-2)47-107-79-68(103)66(101)72(56(45-90)112-79)114-80-69(104)67(102)73(57(46-91)113-80)115-81-70(105)76(64(99)54(43-88)110-81)118-78-60(84-49(4)93)74(62(97)53(42-87)109-78)116-82-71(106)75(63(98)55(44-89)111-82)117-77-59(83-48(3)92)65(100)61(96)52(41-86)108-77/h37,39,50-57,59-82,86-91,94,96-106H,5-36,38,40-47H2,1-4H3,(H,83,92)(H,84,93)(H,85,95)/b39-37+/t50-,51+,52?,53?,54?,55?,56?,57?,59?,60?,61-,62-,63-,64-,65+,66+,67+,68?,69?,70?,71?,72+,73-,74+,75-,76-,77+,78-,79+,80-,81-,82-/m0/s1. The number of nitrogens with one attached hydrogen (secondary N) is 3. The second-order valence-corrected chi connectivity index (χ2v) is 32.8. The molecule has 32 atom stereocenters. The summed E-state index contributed by atoms with van der Waals surface area (Å²) in [6.45, 7) is 0.0937. The van der Waals surface area contributed by atoms with Gasteiger partial charge in [-0.2, -0.15) is 0 Å². The van der Waals surface area contributed by atoms with Crippen LogP contribution in [-0.4, -0.2) is 352 Å². The van der Waals surface area contributed by atoms with E-state index < -0.39 is 254 Å². The molecule has 118 heavy (non-hydrogen) atoms. The number of unbranched alkanes of at least 4 members (excludes halogenated alkanes) is 31. The van der Waals surface area contributed by atoms with Crippen molar-refractivity contribution in [1.29, 1.82) is 0 Å². The molecule has 3 amide bonds. The molecule has 6 rings (SSSR count). The van der Waals surface area contributed by atoms with E-state index in [1.165, 1.54) is 148 Å². The van der Waals surface area contributed by atoms with E-state index in [-0.39, 0.29) is 12.3 Å². The molecule has 21 N–H and O–H groups in total. The van der Waals surface area contributed by atoms with E-state index in [0.29, 0.717) is 12.8 Å². The van der Waals surface area contributed by atoms with Crippen LogP contribution < -0.4 is 16.0 Å². The summed E-state index contributed by atoms with van der Waals surface area (Å²) in [7, 11) is 0. The number of aliphatic hydroxyl groups is 18. The van der Waals surface area contributed by atoms with E-state index >= 15 is 0 Å². The summed E-state index contributed by atoms with van der Waals surface area (Å²) in [6.07, 6.45) is -12.6. The molecule has 0 saturated carbocycles. The van der Waals surface area contributed by atoms with Gasteiger partial charge in [-0.1, -0.05) is 219 Å². The van der Waals surface area contributed by atoms with Gasteiger partial charge in [-0.25, -0.2) is 0 Å². The van der Waals surface area contributed by atoms with Gasteiger partial charge >= 0.3 is 0 Å². The molecule has 0 aromatic heterocycles. The average Bonchev–Trinajstić information content (AvgIpc) is 0.769. The van der Waals surface area contributed by atoms with Crippen molar-refractivity contribution < 1.29 is 163 Å². The van der Waals surface area contributed by atoms with Gasteiger partial charge in [-0.05, 0) is 19.3 Å². The van der Waals surface area contributed by atoms with Crippen molar-refractivity contribution in [3.8, 4) is 0 Å². The molecule has 0 aliphatic carbocycles. The molecule has 0 aromatic rings. The van der Waals surface area contributed by atoms with E-state index in [9.17, 15) is 106 Å². The number of hydrogen-bond donors (Lipinski definition) is 21. The van der Waals surface area contributed by atoms with E-state index in [1.54, 1.807) is 6.08 Å². The number of carbonyl (C=O) groups excluding carboxylic acids is 3. The van der Waals surface area contributed by atoms with Crippen LogP contribution in [0.2, 0.25) is 0 Å².